The third-order valence-electron chi connectivity index (χ3n) is 12.5. The van der Waals surface area contributed by atoms with Crippen LogP contribution in [0.2, 0.25) is 0 Å². The minimum absolute atomic E-state index is 0.0463. The summed E-state index contributed by atoms with van der Waals surface area (Å²) >= 11 is 0. The van der Waals surface area contributed by atoms with Crippen molar-refractivity contribution in [1.29, 1.82) is 0 Å². The Morgan fingerprint density at radius 1 is 0.491 bits per heavy atom. The number of aryl methyl sites for hydroxylation is 2. The summed E-state index contributed by atoms with van der Waals surface area (Å²) in [6.07, 6.45) is 0. The van der Waals surface area contributed by atoms with Gasteiger partial charge in [-0.15, -0.1) is 0 Å². The first-order valence-corrected chi connectivity index (χ1v) is 20.8. The van der Waals surface area contributed by atoms with Crippen LogP contribution >= 0.6 is 0 Å². The van der Waals surface area contributed by atoms with Crippen LogP contribution in [0.4, 0.5) is 17.1 Å². The number of ether oxygens (including phenoxy) is 1. The van der Waals surface area contributed by atoms with Gasteiger partial charge in [0, 0.05) is 11.8 Å². The van der Waals surface area contributed by atoms with E-state index in [2.05, 4.69) is 212 Å². The fourth-order valence-corrected chi connectivity index (χ4v) is 9.75. The maximum absolute atomic E-state index is 6.99. The minimum atomic E-state index is -0.529. The third-order valence-corrected chi connectivity index (χ3v) is 12.5. The van der Waals surface area contributed by atoms with E-state index >= 15 is 0 Å². The van der Waals surface area contributed by atoms with E-state index in [1.807, 2.05) is 0 Å². The Bertz CT molecular complexity index is 2500. The average molecular weight is 742 g/mol. The summed E-state index contributed by atoms with van der Waals surface area (Å²) in [7, 11) is 0. The number of nitrogens with zero attached hydrogens (tertiary/aromatic N) is 1. The Morgan fingerprint density at radius 2 is 1.00 bits per heavy atom. The summed E-state index contributed by atoms with van der Waals surface area (Å²) in [5.74, 6) is 3.05. The summed E-state index contributed by atoms with van der Waals surface area (Å²) in [5.41, 5.74) is 18.6. The minimum Gasteiger partial charge on any atom is -0.458 e. The molecular formula is C54H52BNO. The molecule has 57 heavy (non-hydrogen) atoms. The number of benzene rings is 7. The molecule has 2 heterocycles. The molecule has 0 bridgehead atoms. The SMILES string of the molecule is Cc1ccc2c(c1)C(c1ccccc1)(c1ccccc1)c1cc(C)ccc1N2c1ccc2c(c1)Oc1ccccc1B2c1c(C(C)C)cc(C(C)C)cc1C(C)C. The molecule has 2 aliphatic heterocycles. The predicted octanol–water partition coefficient (Wildman–Crippen LogP) is 12.5. The quantitative estimate of drug-likeness (QED) is 0.151. The van der Waals surface area contributed by atoms with E-state index in [4.69, 9.17) is 4.74 Å². The molecule has 0 spiro atoms. The molecule has 7 aromatic rings. The maximum Gasteiger partial charge on any atom is 0.251 e. The van der Waals surface area contributed by atoms with Gasteiger partial charge in [-0.3, -0.25) is 0 Å². The Kier molecular flexibility index (Phi) is 9.24. The van der Waals surface area contributed by atoms with Crippen LogP contribution in [0.25, 0.3) is 0 Å². The number of hydrogen-bond donors (Lipinski definition) is 0. The second-order valence-corrected chi connectivity index (χ2v) is 17.2. The highest BCUT2D eigenvalue weighted by molar-refractivity contribution is 6.97. The fraction of sp³-hybridized carbons (Fsp3) is 0.222. The maximum atomic E-state index is 6.99. The van der Waals surface area contributed by atoms with Gasteiger partial charge >= 0.3 is 0 Å². The molecule has 0 amide bonds. The molecule has 282 valence electrons. The number of anilines is 3. The molecular weight excluding hydrogens is 689 g/mol. The Balaban J connectivity index is 1.30. The highest BCUT2D eigenvalue weighted by Gasteiger charge is 2.47. The van der Waals surface area contributed by atoms with Gasteiger partial charge in [-0.25, -0.2) is 0 Å². The third kappa shape index (κ3) is 5.93. The number of rotatable bonds is 7. The van der Waals surface area contributed by atoms with Crippen LogP contribution in [0.15, 0.2) is 152 Å². The molecule has 3 heteroatoms. The van der Waals surface area contributed by atoms with Crippen LogP contribution in [0.1, 0.15) is 109 Å². The van der Waals surface area contributed by atoms with Gasteiger partial charge in [-0.2, -0.15) is 0 Å². The molecule has 2 aliphatic rings. The van der Waals surface area contributed by atoms with Crippen LogP contribution in [0.3, 0.4) is 0 Å². The zero-order valence-electron chi connectivity index (χ0n) is 34.6. The topological polar surface area (TPSA) is 12.5 Å². The van der Waals surface area contributed by atoms with Gasteiger partial charge in [0.1, 0.15) is 11.5 Å². The van der Waals surface area contributed by atoms with E-state index in [-0.39, 0.29) is 6.71 Å². The number of fused-ring (bicyclic) bond motifs is 4. The van der Waals surface area contributed by atoms with E-state index in [9.17, 15) is 0 Å². The van der Waals surface area contributed by atoms with Gasteiger partial charge in [-0.1, -0.05) is 179 Å². The van der Waals surface area contributed by atoms with Crippen molar-refractivity contribution in [2.24, 2.45) is 0 Å². The lowest BCUT2D eigenvalue weighted by Crippen LogP contribution is -2.57. The van der Waals surface area contributed by atoms with Crippen LogP contribution in [0.5, 0.6) is 11.5 Å². The Hall–Kier alpha value is -5.80. The van der Waals surface area contributed by atoms with E-state index in [0.717, 1.165) is 17.2 Å². The first-order chi connectivity index (χ1) is 27.6. The van der Waals surface area contributed by atoms with Crippen molar-refractivity contribution in [3.8, 4) is 11.5 Å². The molecule has 0 radical (unpaired) electrons. The highest BCUT2D eigenvalue weighted by atomic mass is 16.5. The van der Waals surface area contributed by atoms with E-state index in [1.165, 1.54) is 77.8 Å². The Labute approximate surface area is 340 Å². The van der Waals surface area contributed by atoms with Crippen molar-refractivity contribution in [2.45, 2.75) is 78.6 Å². The van der Waals surface area contributed by atoms with Crippen molar-refractivity contribution < 1.29 is 4.74 Å². The summed E-state index contributed by atoms with van der Waals surface area (Å²) in [5, 5.41) is 0. The van der Waals surface area contributed by atoms with Crippen molar-refractivity contribution in [3.05, 3.63) is 202 Å². The van der Waals surface area contributed by atoms with Crippen LogP contribution in [-0.2, 0) is 5.41 Å². The standard InChI is InChI=1S/C54H52BNO/c1-34(2)39-31-43(35(3)4)53(44(32-39)36(5)6)55-47-21-15-16-22-51(47)57-52-33-42(25-26-48(52)55)56-49-27-23-37(7)29-45(49)54(40-17-11-9-12-18-40,41-19-13-10-14-20-41)46-30-38(8)24-28-50(46)56/h9-36H,1-8H3. The fourth-order valence-electron chi connectivity index (χ4n) is 9.75. The van der Waals surface area contributed by atoms with Crippen molar-refractivity contribution in [2.75, 3.05) is 4.90 Å². The molecule has 0 unspecified atom stereocenters. The first-order valence-electron chi connectivity index (χ1n) is 20.8. The molecule has 2 nitrogen and oxygen atoms in total. The van der Waals surface area contributed by atoms with Crippen LogP contribution in [0, 0.1) is 13.8 Å². The Morgan fingerprint density at radius 3 is 1.53 bits per heavy atom. The van der Waals surface area contributed by atoms with Gasteiger partial charge in [0.25, 0.3) is 6.71 Å². The van der Waals surface area contributed by atoms with Gasteiger partial charge in [0.2, 0.25) is 0 Å². The smallest absolute Gasteiger partial charge is 0.251 e. The highest BCUT2D eigenvalue weighted by Crippen LogP contribution is 2.58. The molecule has 7 aromatic carbocycles. The van der Waals surface area contributed by atoms with Gasteiger partial charge < -0.3 is 9.64 Å². The van der Waals surface area contributed by atoms with Gasteiger partial charge in [0.15, 0.2) is 0 Å². The zero-order valence-corrected chi connectivity index (χ0v) is 34.6. The first kappa shape index (κ1) is 36.8. The van der Waals surface area contributed by atoms with Crippen molar-refractivity contribution >= 4 is 40.2 Å². The van der Waals surface area contributed by atoms with Crippen LogP contribution < -0.4 is 26.0 Å². The molecule has 0 atom stereocenters. The molecule has 0 aliphatic carbocycles. The lowest BCUT2D eigenvalue weighted by atomic mass is 9.34. The second kappa shape index (κ2) is 14.3. The predicted molar refractivity (Wildman–Crippen MR) is 242 cm³/mol. The molecule has 0 fully saturated rings. The number of para-hydroxylation sites is 1. The second-order valence-electron chi connectivity index (χ2n) is 17.2. The largest absolute Gasteiger partial charge is 0.458 e. The molecule has 0 N–H and O–H groups in total. The van der Waals surface area contributed by atoms with E-state index in [0.29, 0.717) is 17.8 Å². The average Bonchev–Trinajstić information content (AvgIpc) is 3.22. The summed E-state index contributed by atoms with van der Waals surface area (Å²) < 4.78 is 6.99. The molecule has 9 rings (SSSR count). The van der Waals surface area contributed by atoms with Gasteiger partial charge in [-0.05, 0) is 106 Å². The van der Waals surface area contributed by atoms with E-state index in [1.54, 1.807) is 0 Å². The normalized spacial score (nSPS) is 13.9. The summed E-state index contributed by atoms with van der Waals surface area (Å²) in [6, 6.07) is 56.8. The number of hydrogen-bond acceptors (Lipinski definition) is 2. The van der Waals surface area contributed by atoms with Gasteiger partial charge in [0.05, 0.1) is 16.8 Å². The molecule has 0 saturated heterocycles. The van der Waals surface area contributed by atoms with Crippen molar-refractivity contribution in [3.63, 3.8) is 0 Å². The molecule has 0 aromatic heterocycles. The lowest BCUT2D eigenvalue weighted by molar-refractivity contribution is 0.487. The summed E-state index contributed by atoms with van der Waals surface area (Å²) in [6.45, 7) is 18.5. The monoisotopic (exact) mass is 741 g/mol. The molecule has 0 saturated carbocycles. The van der Waals surface area contributed by atoms with Crippen LogP contribution in [-0.4, -0.2) is 6.71 Å². The van der Waals surface area contributed by atoms with Crippen molar-refractivity contribution in [1.82, 2.24) is 0 Å². The van der Waals surface area contributed by atoms with E-state index < -0.39 is 5.41 Å². The summed E-state index contributed by atoms with van der Waals surface area (Å²) in [4.78, 5) is 2.48. The lowest BCUT2D eigenvalue weighted by Gasteiger charge is -2.47. The zero-order chi connectivity index (χ0) is 39.6.